The van der Waals surface area contributed by atoms with E-state index in [0.717, 1.165) is 47.4 Å². The lowest BCUT2D eigenvalue weighted by Gasteiger charge is -2.22. The quantitative estimate of drug-likeness (QED) is 0.114. The smallest absolute Gasteiger partial charge is 0.254 e. The lowest BCUT2D eigenvalue weighted by molar-refractivity contribution is 0.0748. The van der Waals surface area contributed by atoms with Crippen LogP contribution in [0, 0.1) is 5.41 Å². The number of carbonyl (C=O) groups excluding carboxylic acids is 1. The standard InChI is InChI=1S/C34H34Cl2N6O/c35-28-11-3-24(4-12-28)17-19-42-31-15-10-27(34(43)41(20-18-37)22-25-5-13-29(36)14-6-25)21-30(31)40-32(42)16-7-23-1-8-26(9-2-23)33(38)39/h1-6,8-15,21H,7,16-20,22,37H2,(H3,38,39). The van der Waals surface area contributed by atoms with Crippen LogP contribution in [0.25, 0.3) is 11.0 Å². The van der Waals surface area contributed by atoms with Crippen molar-refractivity contribution in [2.75, 3.05) is 13.1 Å². The third-order valence-electron chi connectivity index (χ3n) is 7.49. The van der Waals surface area contributed by atoms with Crippen molar-refractivity contribution in [3.8, 4) is 0 Å². The zero-order valence-corrected chi connectivity index (χ0v) is 25.3. The van der Waals surface area contributed by atoms with Crippen LogP contribution in [-0.2, 0) is 32.4 Å². The number of hydrogen-bond acceptors (Lipinski definition) is 4. The minimum absolute atomic E-state index is 0.0547. The summed E-state index contributed by atoms with van der Waals surface area (Å²) in [5, 5.41) is 9.01. The van der Waals surface area contributed by atoms with Crippen molar-refractivity contribution in [1.82, 2.24) is 14.5 Å². The number of halogens is 2. The van der Waals surface area contributed by atoms with Crippen molar-refractivity contribution in [2.45, 2.75) is 32.4 Å². The van der Waals surface area contributed by atoms with Gasteiger partial charge in [0.05, 0.1) is 11.0 Å². The Hall–Kier alpha value is -4.17. The van der Waals surface area contributed by atoms with Gasteiger partial charge >= 0.3 is 0 Å². The Bertz CT molecular complexity index is 1710. The first kappa shape index (κ1) is 30.3. The fourth-order valence-corrected chi connectivity index (χ4v) is 5.41. The molecule has 0 spiro atoms. The molecule has 0 fully saturated rings. The van der Waals surface area contributed by atoms with Gasteiger partial charge in [-0.15, -0.1) is 0 Å². The van der Waals surface area contributed by atoms with E-state index in [-0.39, 0.29) is 11.7 Å². The van der Waals surface area contributed by atoms with Crippen LogP contribution in [0.1, 0.15) is 38.4 Å². The molecule has 0 saturated carbocycles. The van der Waals surface area contributed by atoms with Crippen molar-refractivity contribution in [2.24, 2.45) is 11.5 Å². The van der Waals surface area contributed by atoms with Crippen LogP contribution in [0.4, 0.5) is 0 Å². The van der Waals surface area contributed by atoms with Crippen molar-refractivity contribution >= 4 is 46.0 Å². The number of imidazole rings is 1. The highest BCUT2D eigenvalue weighted by Crippen LogP contribution is 2.23. The summed E-state index contributed by atoms with van der Waals surface area (Å²) in [7, 11) is 0. The molecule has 0 aliphatic rings. The number of nitrogens with two attached hydrogens (primary N) is 2. The largest absolute Gasteiger partial charge is 0.384 e. The van der Waals surface area contributed by atoms with Crippen LogP contribution < -0.4 is 11.5 Å². The van der Waals surface area contributed by atoms with E-state index in [1.807, 2.05) is 91.0 Å². The number of nitrogens with zero attached hydrogens (tertiary/aromatic N) is 3. The maximum atomic E-state index is 13.6. The Balaban J connectivity index is 1.42. The van der Waals surface area contributed by atoms with Gasteiger partial charge in [-0.25, -0.2) is 4.98 Å². The maximum Gasteiger partial charge on any atom is 0.254 e. The molecule has 43 heavy (non-hydrogen) atoms. The fourth-order valence-electron chi connectivity index (χ4n) is 5.15. The van der Waals surface area contributed by atoms with Crippen LogP contribution in [0.5, 0.6) is 0 Å². The first-order valence-corrected chi connectivity index (χ1v) is 15.0. The molecule has 1 amide bonds. The number of benzene rings is 4. The summed E-state index contributed by atoms with van der Waals surface area (Å²) >= 11 is 12.1. The number of amides is 1. The van der Waals surface area contributed by atoms with Crippen LogP contribution in [0.15, 0.2) is 91.0 Å². The van der Waals surface area contributed by atoms with E-state index in [4.69, 9.17) is 45.1 Å². The van der Waals surface area contributed by atoms with E-state index in [9.17, 15) is 4.79 Å². The van der Waals surface area contributed by atoms with E-state index >= 15 is 0 Å². The number of fused-ring (bicyclic) bond motifs is 1. The Morgan fingerprint density at radius 3 is 2.00 bits per heavy atom. The molecule has 7 nitrogen and oxygen atoms in total. The van der Waals surface area contributed by atoms with Gasteiger partial charge in [0, 0.05) is 53.8 Å². The SMILES string of the molecule is N=C(N)c1ccc(CCc2nc3cc(C(=O)N(CCN)Cc4ccc(Cl)cc4)ccc3n2CCc2ccc(Cl)cc2)cc1. The molecule has 0 saturated heterocycles. The predicted octanol–water partition coefficient (Wildman–Crippen LogP) is 6.26. The van der Waals surface area contributed by atoms with Crippen LogP contribution in [-0.4, -0.2) is 39.3 Å². The van der Waals surface area contributed by atoms with Gasteiger partial charge in [0.15, 0.2) is 0 Å². The summed E-state index contributed by atoms with van der Waals surface area (Å²) in [6.45, 7) is 1.97. The summed E-state index contributed by atoms with van der Waals surface area (Å²) in [5.74, 6) is 0.911. The minimum atomic E-state index is -0.0925. The summed E-state index contributed by atoms with van der Waals surface area (Å²) in [6.07, 6.45) is 2.31. The molecule has 5 rings (SSSR count). The highest BCUT2D eigenvalue weighted by molar-refractivity contribution is 6.30. The second kappa shape index (κ2) is 13.9. The molecule has 220 valence electrons. The average Bonchev–Trinajstić information content (AvgIpc) is 3.37. The highest BCUT2D eigenvalue weighted by Gasteiger charge is 2.19. The number of aromatic nitrogens is 2. The van der Waals surface area contributed by atoms with Crippen molar-refractivity contribution in [3.63, 3.8) is 0 Å². The number of carbonyl (C=O) groups is 1. The Labute approximate surface area is 261 Å². The van der Waals surface area contributed by atoms with E-state index in [1.165, 1.54) is 5.56 Å². The van der Waals surface area contributed by atoms with E-state index in [1.54, 1.807) is 4.90 Å². The molecular weight excluding hydrogens is 579 g/mol. The molecule has 0 radical (unpaired) electrons. The van der Waals surface area contributed by atoms with Gasteiger partial charge in [0.25, 0.3) is 5.91 Å². The Morgan fingerprint density at radius 1 is 0.791 bits per heavy atom. The van der Waals surface area contributed by atoms with Gasteiger partial charge in [0.2, 0.25) is 0 Å². The number of nitrogens with one attached hydrogen (secondary N) is 1. The summed E-state index contributed by atoms with van der Waals surface area (Å²) in [6, 6.07) is 28.9. The molecule has 9 heteroatoms. The average molecular weight is 614 g/mol. The molecule has 4 aromatic carbocycles. The zero-order valence-electron chi connectivity index (χ0n) is 23.8. The predicted molar refractivity (Wildman–Crippen MR) is 175 cm³/mol. The molecule has 0 aliphatic heterocycles. The second-order valence-electron chi connectivity index (χ2n) is 10.5. The Kier molecular flexibility index (Phi) is 9.77. The van der Waals surface area contributed by atoms with E-state index in [0.29, 0.717) is 47.2 Å². The maximum absolute atomic E-state index is 13.6. The first-order chi connectivity index (χ1) is 20.8. The Morgan fingerprint density at radius 2 is 1.37 bits per heavy atom. The first-order valence-electron chi connectivity index (χ1n) is 14.2. The van der Waals surface area contributed by atoms with Crippen LogP contribution in [0.2, 0.25) is 10.0 Å². The summed E-state index contributed by atoms with van der Waals surface area (Å²) in [5.41, 5.74) is 17.8. The van der Waals surface area contributed by atoms with Gasteiger partial charge in [0.1, 0.15) is 11.7 Å². The molecule has 0 unspecified atom stereocenters. The van der Waals surface area contributed by atoms with Crippen molar-refractivity contribution < 1.29 is 4.79 Å². The number of nitrogen functional groups attached to an aromatic ring is 1. The molecule has 1 heterocycles. The van der Waals surface area contributed by atoms with Crippen molar-refractivity contribution in [1.29, 1.82) is 5.41 Å². The lowest BCUT2D eigenvalue weighted by atomic mass is 10.1. The van der Waals surface area contributed by atoms with Crippen LogP contribution in [0.3, 0.4) is 0 Å². The van der Waals surface area contributed by atoms with E-state index in [2.05, 4.69) is 4.57 Å². The molecular formula is C34H34Cl2N6O. The number of hydrogen-bond donors (Lipinski definition) is 3. The van der Waals surface area contributed by atoms with Gasteiger partial charge < -0.3 is 20.9 Å². The highest BCUT2D eigenvalue weighted by atomic mass is 35.5. The van der Waals surface area contributed by atoms with E-state index < -0.39 is 0 Å². The van der Waals surface area contributed by atoms with Crippen LogP contribution >= 0.6 is 23.2 Å². The van der Waals surface area contributed by atoms with Gasteiger partial charge in [-0.1, -0.05) is 71.7 Å². The zero-order chi connectivity index (χ0) is 30.3. The molecule has 1 aromatic heterocycles. The number of aryl methyl sites for hydroxylation is 4. The van der Waals surface area contributed by atoms with Gasteiger partial charge in [-0.2, -0.15) is 0 Å². The topological polar surface area (TPSA) is 114 Å². The summed E-state index contributed by atoms with van der Waals surface area (Å²) < 4.78 is 2.24. The number of amidine groups is 1. The molecule has 5 N–H and O–H groups in total. The van der Waals surface area contributed by atoms with Crippen molar-refractivity contribution in [3.05, 3.63) is 135 Å². The number of rotatable bonds is 12. The molecule has 0 bridgehead atoms. The fraction of sp³-hybridized carbons (Fsp3) is 0.206. The third-order valence-corrected chi connectivity index (χ3v) is 7.99. The normalized spacial score (nSPS) is 11.1. The van der Waals surface area contributed by atoms with Gasteiger partial charge in [-0.05, 0) is 72.0 Å². The molecule has 0 atom stereocenters. The second-order valence-corrected chi connectivity index (χ2v) is 11.4. The molecule has 5 aromatic rings. The summed E-state index contributed by atoms with van der Waals surface area (Å²) in [4.78, 5) is 20.4. The monoisotopic (exact) mass is 612 g/mol. The third kappa shape index (κ3) is 7.62. The molecule has 0 aliphatic carbocycles. The minimum Gasteiger partial charge on any atom is -0.384 e. The van der Waals surface area contributed by atoms with Gasteiger partial charge in [-0.3, -0.25) is 10.2 Å². The lowest BCUT2D eigenvalue weighted by Crippen LogP contribution is -2.34.